The maximum Gasteiger partial charge on any atom is 0.339 e. The predicted octanol–water partition coefficient (Wildman–Crippen LogP) is 1.63. The minimum absolute atomic E-state index is 0.150. The van der Waals surface area contributed by atoms with Crippen molar-refractivity contribution in [3.8, 4) is 0 Å². The number of aromatic carboxylic acids is 1. The van der Waals surface area contributed by atoms with E-state index in [9.17, 15) is 9.90 Å². The molecule has 0 unspecified atom stereocenters. The molecule has 0 radical (unpaired) electrons. The van der Waals surface area contributed by atoms with Gasteiger partial charge in [-0.1, -0.05) is 0 Å². The van der Waals surface area contributed by atoms with Crippen LogP contribution in [0.15, 0.2) is 0 Å². The summed E-state index contributed by atoms with van der Waals surface area (Å²) in [7, 11) is 0. The van der Waals surface area contributed by atoms with Gasteiger partial charge in [0.25, 0.3) is 0 Å². The standard InChI is InChI=1S/C12H19N3O3/c1-7(2)18-6-5-13-11-10(12(16)17)8(3)9(4)14-15-11/h7H,5-6H2,1-4H3,(H,13,15)(H,16,17). The zero-order valence-electron chi connectivity index (χ0n) is 11.1. The number of nitrogens with zero attached hydrogens (tertiary/aromatic N) is 2. The normalized spacial score (nSPS) is 10.7. The number of hydrogen-bond acceptors (Lipinski definition) is 5. The van der Waals surface area contributed by atoms with Crippen LogP contribution in [0.2, 0.25) is 0 Å². The Morgan fingerprint density at radius 1 is 1.39 bits per heavy atom. The zero-order valence-corrected chi connectivity index (χ0v) is 11.1. The molecule has 0 aliphatic carbocycles. The first-order valence-corrected chi connectivity index (χ1v) is 5.86. The second-order valence-corrected chi connectivity index (χ2v) is 4.29. The van der Waals surface area contributed by atoms with Gasteiger partial charge in [-0.05, 0) is 33.3 Å². The third-order valence-electron chi connectivity index (χ3n) is 2.51. The Bertz CT molecular complexity index is 433. The summed E-state index contributed by atoms with van der Waals surface area (Å²) in [5, 5.41) is 19.9. The molecule has 18 heavy (non-hydrogen) atoms. The topological polar surface area (TPSA) is 84.3 Å². The fourth-order valence-corrected chi connectivity index (χ4v) is 1.46. The number of carbonyl (C=O) groups is 1. The monoisotopic (exact) mass is 253 g/mol. The lowest BCUT2D eigenvalue weighted by atomic mass is 10.1. The molecule has 1 aromatic rings. The molecule has 1 aromatic heterocycles. The van der Waals surface area contributed by atoms with Crippen LogP contribution in [0.3, 0.4) is 0 Å². The first kappa shape index (κ1) is 14.4. The highest BCUT2D eigenvalue weighted by Crippen LogP contribution is 2.17. The molecule has 0 atom stereocenters. The Balaban J connectivity index is 2.76. The molecular weight excluding hydrogens is 234 g/mol. The summed E-state index contributed by atoms with van der Waals surface area (Å²) < 4.78 is 5.36. The highest BCUT2D eigenvalue weighted by molar-refractivity contribution is 5.94. The fraction of sp³-hybridized carbons (Fsp3) is 0.583. The van der Waals surface area contributed by atoms with Gasteiger partial charge in [0.2, 0.25) is 0 Å². The van der Waals surface area contributed by atoms with Crippen molar-refractivity contribution in [3.63, 3.8) is 0 Å². The fourth-order valence-electron chi connectivity index (χ4n) is 1.46. The Labute approximate surface area is 106 Å². The summed E-state index contributed by atoms with van der Waals surface area (Å²) in [6.07, 6.45) is 0.150. The molecule has 0 spiro atoms. The van der Waals surface area contributed by atoms with Gasteiger partial charge in [-0.2, -0.15) is 5.10 Å². The minimum atomic E-state index is -1.00. The van der Waals surface area contributed by atoms with Gasteiger partial charge in [0.1, 0.15) is 5.56 Å². The van der Waals surface area contributed by atoms with Crippen LogP contribution < -0.4 is 5.32 Å². The summed E-state index contributed by atoms with van der Waals surface area (Å²) >= 11 is 0. The van der Waals surface area contributed by atoms with Gasteiger partial charge in [0.05, 0.1) is 18.4 Å². The second-order valence-electron chi connectivity index (χ2n) is 4.29. The van der Waals surface area contributed by atoms with Crippen LogP contribution in [-0.4, -0.2) is 40.5 Å². The van der Waals surface area contributed by atoms with E-state index in [1.165, 1.54) is 0 Å². The Morgan fingerprint density at radius 2 is 2.06 bits per heavy atom. The van der Waals surface area contributed by atoms with Crippen LogP contribution in [0.5, 0.6) is 0 Å². The maximum atomic E-state index is 11.2. The number of nitrogens with one attached hydrogen (secondary N) is 1. The molecule has 2 N–H and O–H groups in total. The molecule has 100 valence electrons. The molecule has 6 heteroatoms. The maximum absolute atomic E-state index is 11.2. The summed E-state index contributed by atoms with van der Waals surface area (Å²) in [4.78, 5) is 11.2. The first-order chi connectivity index (χ1) is 8.43. The molecule has 1 rings (SSSR count). The van der Waals surface area contributed by atoms with E-state index in [2.05, 4.69) is 15.5 Å². The van der Waals surface area contributed by atoms with Crippen molar-refractivity contribution in [1.29, 1.82) is 0 Å². The molecule has 0 aliphatic rings. The van der Waals surface area contributed by atoms with Gasteiger partial charge >= 0.3 is 5.97 Å². The van der Waals surface area contributed by atoms with Crippen molar-refractivity contribution in [1.82, 2.24) is 10.2 Å². The molecular formula is C12H19N3O3. The van der Waals surface area contributed by atoms with Crippen LogP contribution in [0.4, 0.5) is 5.82 Å². The molecule has 0 amide bonds. The van der Waals surface area contributed by atoms with Gasteiger partial charge in [-0.15, -0.1) is 5.10 Å². The third kappa shape index (κ3) is 3.66. The van der Waals surface area contributed by atoms with Crippen molar-refractivity contribution in [2.75, 3.05) is 18.5 Å². The number of aromatic nitrogens is 2. The van der Waals surface area contributed by atoms with E-state index in [0.29, 0.717) is 24.4 Å². The van der Waals surface area contributed by atoms with Crippen molar-refractivity contribution >= 4 is 11.8 Å². The Hall–Kier alpha value is -1.69. The summed E-state index contributed by atoms with van der Waals surface area (Å²) in [6.45, 7) is 8.33. The second kappa shape index (κ2) is 6.30. The van der Waals surface area contributed by atoms with Crippen LogP contribution in [0.1, 0.15) is 35.5 Å². The molecule has 0 saturated heterocycles. The van der Waals surface area contributed by atoms with Gasteiger partial charge < -0.3 is 15.2 Å². The van der Waals surface area contributed by atoms with Crippen molar-refractivity contribution < 1.29 is 14.6 Å². The number of rotatable bonds is 6. The minimum Gasteiger partial charge on any atom is -0.478 e. The lowest BCUT2D eigenvalue weighted by Gasteiger charge is -2.12. The van der Waals surface area contributed by atoms with Gasteiger partial charge in [-0.25, -0.2) is 4.79 Å². The van der Waals surface area contributed by atoms with E-state index in [0.717, 1.165) is 0 Å². The number of ether oxygens (including phenoxy) is 1. The number of aryl methyl sites for hydroxylation is 1. The van der Waals surface area contributed by atoms with Crippen LogP contribution in [0, 0.1) is 13.8 Å². The molecule has 0 bridgehead atoms. The molecule has 0 aliphatic heterocycles. The number of carboxylic acids is 1. The largest absolute Gasteiger partial charge is 0.478 e. The zero-order chi connectivity index (χ0) is 13.7. The summed E-state index contributed by atoms with van der Waals surface area (Å²) in [5.74, 6) is -0.712. The van der Waals surface area contributed by atoms with Crippen LogP contribution >= 0.6 is 0 Å². The summed E-state index contributed by atoms with van der Waals surface area (Å²) in [5.41, 5.74) is 1.42. The van der Waals surface area contributed by atoms with Crippen molar-refractivity contribution in [3.05, 3.63) is 16.8 Å². The number of carboxylic acid groups (broad SMARTS) is 1. The highest BCUT2D eigenvalue weighted by Gasteiger charge is 2.17. The van der Waals surface area contributed by atoms with Crippen LogP contribution in [-0.2, 0) is 4.74 Å². The quantitative estimate of drug-likeness (QED) is 0.749. The third-order valence-corrected chi connectivity index (χ3v) is 2.51. The predicted molar refractivity (Wildman–Crippen MR) is 68.0 cm³/mol. The van der Waals surface area contributed by atoms with E-state index < -0.39 is 5.97 Å². The lowest BCUT2D eigenvalue weighted by Crippen LogP contribution is -2.17. The van der Waals surface area contributed by atoms with Crippen molar-refractivity contribution in [2.24, 2.45) is 0 Å². The molecule has 0 saturated carbocycles. The van der Waals surface area contributed by atoms with Crippen molar-refractivity contribution in [2.45, 2.75) is 33.8 Å². The van der Waals surface area contributed by atoms with E-state index in [1.54, 1.807) is 13.8 Å². The Kier molecular flexibility index (Phi) is 5.03. The van der Waals surface area contributed by atoms with Gasteiger partial charge in [0, 0.05) is 6.54 Å². The number of hydrogen-bond donors (Lipinski definition) is 2. The highest BCUT2D eigenvalue weighted by atomic mass is 16.5. The SMILES string of the molecule is Cc1nnc(NCCOC(C)C)c(C(=O)O)c1C. The molecule has 6 nitrogen and oxygen atoms in total. The average Bonchev–Trinajstić information content (AvgIpc) is 2.28. The Morgan fingerprint density at radius 3 is 2.61 bits per heavy atom. The van der Waals surface area contributed by atoms with E-state index >= 15 is 0 Å². The van der Waals surface area contributed by atoms with E-state index in [-0.39, 0.29) is 17.5 Å². The van der Waals surface area contributed by atoms with E-state index in [4.69, 9.17) is 4.74 Å². The molecule has 0 fully saturated rings. The molecule has 0 aromatic carbocycles. The van der Waals surface area contributed by atoms with E-state index in [1.807, 2.05) is 13.8 Å². The smallest absolute Gasteiger partial charge is 0.339 e. The lowest BCUT2D eigenvalue weighted by molar-refractivity contribution is 0.0695. The molecule has 1 heterocycles. The van der Waals surface area contributed by atoms with Crippen LogP contribution in [0.25, 0.3) is 0 Å². The van der Waals surface area contributed by atoms with Gasteiger partial charge in [0.15, 0.2) is 5.82 Å². The first-order valence-electron chi connectivity index (χ1n) is 5.86. The van der Waals surface area contributed by atoms with Gasteiger partial charge in [-0.3, -0.25) is 0 Å². The average molecular weight is 253 g/mol. The summed E-state index contributed by atoms with van der Waals surface area (Å²) in [6, 6.07) is 0. The number of anilines is 1.